The number of ether oxygens (including phenoxy) is 1. The standard InChI is InChI=1S/C22H25ClN4O2S2/c1-12(2)10-18(28)26-21-24-14-6-4-5-7-17-19(20(14)31-21)27-22(30-17)25-15-11-13(23)8-9-16(15)29-3/h8-9,11-12H,4-7,10H2,1-3H3,(H,25,27)(H,24,26,28). The van der Waals surface area contributed by atoms with Crippen molar-refractivity contribution >= 4 is 56.1 Å². The van der Waals surface area contributed by atoms with E-state index >= 15 is 0 Å². The minimum atomic E-state index is 0.00521. The molecule has 1 aliphatic carbocycles. The predicted molar refractivity (Wildman–Crippen MR) is 129 cm³/mol. The molecule has 1 aromatic carbocycles. The third-order valence-electron chi connectivity index (χ3n) is 4.92. The minimum absolute atomic E-state index is 0.00521. The quantitative estimate of drug-likeness (QED) is 0.422. The van der Waals surface area contributed by atoms with Crippen molar-refractivity contribution < 1.29 is 9.53 Å². The first-order valence-corrected chi connectivity index (χ1v) is 12.3. The lowest BCUT2D eigenvalue weighted by Gasteiger charge is -2.09. The van der Waals surface area contributed by atoms with Gasteiger partial charge in [-0.15, -0.1) is 11.3 Å². The van der Waals surface area contributed by atoms with Crippen molar-refractivity contribution in [3.63, 3.8) is 0 Å². The van der Waals surface area contributed by atoms with Crippen molar-refractivity contribution in [1.29, 1.82) is 0 Å². The molecule has 2 aromatic heterocycles. The SMILES string of the molecule is COc1ccc(Cl)cc1Nc1nc2c(s1)CCCCc1nc(NC(=O)CC(C)C)sc1-2. The summed E-state index contributed by atoms with van der Waals surface area (Å²) in [6.07, 6.45) is 4.52. The lowest BCUT2D eigenvalue weighted by Crippen LogP contribution is -2.13. The Morgan fingerprint density at radius 3 is 2.77 bits per heavy atom. The zero-order valence-electron chi connectivity index (χ0n) is 17.8. The average Bonchev–Trinajstić information content (AvgIpc) is 3.26. The van der Waals surface area contributed by atoms with Crippen LogP contribution in [0.25, 0.3) is 10.6 Å². The number of benzene rings is 1. The Morgan fingerprint density at radius 2 is 2.00 bits per heavy atom. The number of halogens is 1. The fourth-order valence-electron chi connectivity index (χ4n) is 3.52. The van der Waals surface area contributed by atoms with Crippen molar-refractivity contribution in [2.75, 3.05) is 17.7 Å². The summed E-state index contributed by atoms with van der Waals surface area (Å²) in [5.74, 6) is 1.02. The molecule has 4 rings (SSSR count). The molecule has 0 unspecified atom stereocenters. The molecule has 3 aromatic rings. The molecule has 0 saturated heterocycles. The van der Waals surface area contributed by atoms with Gasteiger partial charge in [-0.1, -0.05) is 36.8 Å². The number of amides is 1. The van der Waals surface area contributed by atoms with E-state index in [1.54, 1.807) is 24.5 Å². The maximum atomic E-state index is 12.2. The van der Waals surface area contributed by atoms with Gasteiger partial charge in [-0.2, -0.15) is 0 Å². The van der Waals surface area contributed by atoms with E-state index in [0.717, 1.165) is 52.8 Å². The third-order valence-corrected chi connectivity index (χ3v) is 7.21. The molecule has 1 aliphatic rings. The number of aromatic nitrogens is 2. The van der Waals surface area contributed by atoms with E-state index in [-0.39, 0.29) is 5.91 Å². The van der Waals surface area contributed by atoms with E-state index in [1.165, 1.54) is 16.2 Å². The molecule has 1 amide bonds. The van der Waals surface area contributed by atoms with E-state index in [4.69, 9.17) is 26.3 Å². The molecular weight excluding hydrogens is 452 g/mol. The number of thiazole rings is 2. The minimum Gasteiger partial charge on any atom is -0.495 e. The van der Waals surface area contributed by atoms with Crippen LogP contribution in [0, 0.1) is 5.92 Å². The number of fused-ring (bicyclic) bond motifs is 3. The first kappa shape index (κ1) is 22.0. The van der Waals surface area contributed by atoms with Crippen LogP contribution in [0.15, 0.2) is 18.2 Å². The molecule has 2 N–H and O–H groups in total. The monoisotopic (exact) mass is 476 g/mol. The Kier molecular flexibility index (Phi) is 6.79. The van der Waals surface area contributed by atoms with E-state index in [0.29, 0.717) is 28.2 Å². The largest absolute Gasteiger partial charge is 0.495 e. The number of hydrogen-bond donors (Lipinski definition) is 2. The maximum Gasteiger partial charge on any atom is 0.226 e. The smallest absolute Gasteiger partial charge is 0.226 e. The predicted octanol–water partition coefficient (Wildman–Crippen LogP) is 6.54. The van der Waals surface area contributed by atoms with Crippen LogP contribution in [0.3, 0.4) is 0 Å². The van der Waals surface area contributed by atoms with Crippen LogP contribution in [-0.4, -0.2) is 23.0 Å². The van der Waals surface area contributed by atoms with Crippen molar-refractivity contribution in [1.82, 2.24) is 9.97 Å². The van der Waals surface area contributed by atoms with Crippen molar-refractivity contribution in [2.24, 2.45) is 5.92 Å². The molecule has 2 heterocycles. The Bertz CT molecular complexity index is 1090. The van der Waals surface area contributed by atoms with Gasteiger partial charge in [0.25, 0.3) is 0 Å². The first-order chi connectivity index (χ1) is 14.9. The van der Waals surface area contributed by atoms with Gasteiger partial charge in [0.1, 0.15) is 5.75 Å². The molecule has 0 aliphatic heterocycles. The van der Waals surface area contributed by atoms with Gasteiger partial charge in [-0.25, -0.2) is 9.97 Å². The number of anilines is 3. The zero-order valence-corrected chi connectivity index (χ0v) is 20.1. The summed E-state index contributed by atoms with van der Waals surface area (Å²) in [6.45, 7) is 4.07. The summed E-state index contributed by atoms with van der Waals surface area (Å²) in [5, 5.41) is 8.41. The van der Waals surface area contributed by atoms with E-state index in [9.17, 15) is 4.79 Å². The molecule has 0 bridgehead atoms. The highest BCUT2D eigenvalue weighted by molar-refractivity contribution is 7.20. The number of methoxy groups -OCH3 is 1. The Labute approximate surface area is 195 Å². The van der Waals surface area contributed by atoms with Crippen LogP contribution < -0.4 is 15.4 Å². The van der Waals surface area contributed by atoms with Gasteiger partial charge in [0, 0.05) is 16.3 Å². The van der Waals surface area contributed by atoms with Gasteiger partial charge in [0.2, 0.25) is 5.91 Å². The molecule has 164 valence electrons. The summed E-state index contributed by atoms with van der Waals surface area (Å²) in [5.41, 5.74) is 2.76. The molecule has 0 fully saturated rings. The Morgan fingerprint density at radius 1 is 1.19 bits per heavy atom. The number of nitrogens with zero attached hydrogens (tertiary/aromatic N) is 2. The summed E-state index contributed by atoms with van der Waals surface area (Å²) >= 11 is 9.33. The van der Waals surface area contributed by atoms with Gasteiger partial charge in [-0.05, 0) is 49.8 Å². The first-order valence-electron chi connectivity index (χ1n) is 10.3. The third kappa shape index (κ3) is 5.19. The van der Waals surface area contributed by atoms with Crippen LogP contribution in [0.2, 0.25) is 5.02 Å². The fourth-order valence-corrected chi connectivity index (χ4v) is 5.83. The Hall–Kier alpha value is -2.16. The highest BCUT2D eigenvalue weighted by Crippen LogP contribution is 2.42. The average molecular weight is 477 g/mol. The normalized spacial score (nSPS) is 13.2. The summed E-state index contributed by atoms with van der Waals surface area (Å²) < 4.78 is 5.45. The highest BCUT2D eigenvalue weighted by Gasteiger charge is 2.23. The van der Waals surface area contributed by atoms with Crippen molar-refractivity contribution in [2.45, 2.75) is 46.0 Å². The summed E-state index contributed by atoms with van der Waals surface area (Å²) in [4.78, 5) is 24.1. The highest BCUT2D eigenvalue weighted by atomic mass is 35.5. The molecular formula is C22H25ClN4O2S2. The zero-order chi connectivity index (χ0) is 22.0. The van der Waals surface area contributed by atoms with Gasteiger partial charge in [-0.3, -0.25) is 4.79 Å². The van der Waals surface area contributed by atoms with Crippen LogP contribution in [0.5, 0.6) is 5.75 Å². The molecule has 0 saturated carbocycles. The van der Waals surface area contributed by atoms with Gasteiger partial charge < -0.3 is 15.4 Å². The second-order valence-electron chi connectivity index (χ2n) is 7.91. The van der Waals surface area contributed by atoms with Gasteiger partial charge in [0.05, 0.1) is 29.1 Å². The van der Waals surface area contributed by atoms with Crippen LogP contribution in [-0.2, 0) is 17.6 Å². The van der Waals surface area contributed by atoms with Crippen LogP contribution >= 0.6 is 34.3 Å². The second kappa shape index (κ2) is 9.54. The molecule has 9 heteroatoms. The number of nitrogens with one attached hydrogen (secondary N) is 2. The lowest BCUT2D eigenvalue weighted by atomic mass is 10.0. The topological polar surface area (TPSA) is 76.1 Å². The summed E-state index contributed by atoms with van der Waals surface area (Å²) in [7, 11) is 1.63. The van der Waals surface area contributed by atoms with Crippen LogP contribution in [0.1, 0.15) is 43.7 Å². The molecule has 6 nitrogen and oxygen atoms in total. The van der Waals surface area contributed by atoms with Crippen LogP contribution in [0.4, 0.5) is 16.0 Å². The number of hydrogen-bond acceptors (Lipinski definition) is 7. The fraction of sp³-hybridized carbons (Fsp3) is 0.409. The van der Waals surface area contributed by atoms with E-state index in [2.05, 4.69) is 10.6 Å². The lowest BCUT2D eigenvalue weighted by molar-refractivity contribution is -0.116. The molecule has 0 radical (unpaired) electrons. The van der Waals surface area contributed by atoms with Crippen molar-refractivity contribution in [3.8, 4) is 16.3 Å². The van der Waals surface area contributed by atoms with Gasteiger partial charge in [0.15, 0.2) is 10.3 Å². The number of carbonyl (C=O) groups is 1. The number of carbonyl (C=O) groups excluding carboxylic acids is 1. The molecule has 0 spiro atoms. The summed E-state index contributed by atoms with van der Waals surface area (Å²) in [6, 6.07) is 5.47. The molecule has 31 heavy (non-hydrogen) atoms. The maximum absolute atomic E-state index is 12.2. The van der Waals surface area contributed by atoms with E-state index < -0.39 is 0 Å². The van der Waals surface area contributed by atoms with Crippen molar-refractivity contribution in [3.05, 3.63) is 33.8 Å². The number of rotatable bonds is 6. The molecule has 0 atom stereocenters. The second-order valence-corrected chi connectivity index (χ2v) is 10.4. The van der Waals surface area contributed by atoms with E-state index in [1.807, 2.05) is 26.0 Å². The Balaban J connectivity index is 1.64. The number of aryl methyl sites for hydroxylation is 2. The van der Waals surface area contributed by atoms with Gasteiger partial charge >= 0.3 is 0 Å².